The number of rotatable bonds is 4. The van der Waals surface area contributed by atoms with Gasteiger partial charge >= 0.3 is 5.76 Å². The number of hydrogen-bond acceptors (Lipinski definition) is 6. The van der Waals surface area contributed by atoms with Crippen LogP contribution in [0.25, 0.3) is 0 Å². The van der Waals surface area contributed by atoms with Crippen LogP contribution in [0, 0.1) is 0 Å². The van der Waals surface area contributed by atoms with Crippen molar-refractivity contribution in [3.8, 4) is 0 Å². The van der Waals surface area contributed by atoms with E-state index >= 15 is 0 Å². The summed E-state index contributed by atoms with van der Waals surface area (Å²) >= 11 is 5.59. The van der Waals surface area contributed by atoms with Crippen molar-refractivity contribution in [3.05, 3.63) is 57.4 Å². The van der Waals surface area contributed by atoms with Gasteiger partial charge in [0.25, 0.3) is 0 Å². The highest BCUT2D eigenvalue weighted by atomic mass is 32.2. The standard InChI is InChI=1S/C22H24N4O3S2/c27-20-14-31(22(30)26(20)12-19-23-21(28)29-24-19)13-15-4-3-7-18(10-15)25-9-8-16-5-1-2-6-17(16)11-25/h3-4,7,10,13H,1-2,5-6,8-9,11-12,14H2,(H,23,24,28). The summed E-state index contributed by atoms with van der Waals surface area (Å²) in [5, 5.41) is 5.74. The molecular formula is C22H24N4O3S2. The molecule has 0 saturated carbocycles. The van der Waals surface area contributed by atoms with E-state index in [4.69, 9.17) is 12.2 Å². The van der Waals surface area contributed by atoms with Crippen LogP contribution < -0.4 is 10.7 Å². The maximum absolute atomic E-state index is 12.5. The maximum Gasteiger partial charge on any atom is 0.438 e. The Morgan fingerprint density at radius 2 is 2.03 bits per heavy atom. The molecule has 162 valence electrons. The quantitative estimate of drug-likeness (QED) is 0.562. The lowest BCUT2D eigenvalue weighted by Gasteiger charge is -2.35. The molecular weight excluding hydrogens is 432 g/mol. The molecule has 0 bridgehead atoms. The topological polar surface area (TPSA) is 82.4 Å². The van der Waals surface area contributed by atoms with Crippen molar-refractivity contribution in [2.24, 2.45) is 0 Å². The van der Waals surface area contributed by atoms with Gasteiger partial charge in [0.05, 0.1) is 12.3 Å². The molecule has 1 amide bonds. The highest BCUT2D eigenvalue weighted by molar-refractivity contribution is 8.35. The van der Waals surface area contributed by atoms with Gasteiger partial charge in [-0.15, -0.1) is 10.5 Å². The van der Waals surface area contributed by atoms with E-state index in [0.29, 0.717) is 15.9 Å². The highest BCUT2D eigenvalue weighted by Crippen LogP contribution is 2.34. The molecule has 1 aromatic carbocycles. The normalized spacial score (nSPS) is 21.9. The number of H-pyrrole nitrogens is 1. The number of nitrogens with zero attached hydrogens (tertiary/aromatic N) is 3. The molecule has 1 N–H and O–H groups in total. The molecule has 0 spiro atoms. The van der Waals surface area contributed by atoms with Crippen LogP contribution in [-0.4, -0.2) is 49.5 Å². The minimum atomic E-state index is -0.635. The molecule has 7 nitrogen and oxygen atoms in total. The molecule has 1 atom stereocenters. The van der Waals surface area contributed by atoms with Crippen molar-refractivity contribution in [1.82, 2.24) is 15.0 Å². The molecule has 1 fully saturated rings. The summed E-state index contributed by atoms with van der Waals surface area (Å²) in [6, 6.07) is 8.51. The Kier molecular flexibility index (Phi) is 5.62. The van der Waals surface area contributed by atoms with Crippen LogP contribution in [0.3, 0.4) is 0 Å². The van der Waals surface area contributed by atoms with E-state index in [1.165, 1.54) is 42.7 Å². The second-order valence-electron chi connectivity index (χ2n) is 8.16. The second kappa shape index (κ2) is 8.55. The average Bonchev–Trinajstić information content (AvgIpc) is 3.31. The fraction of sp³-hybridized carbons (Fsp3) is 0.409. The number of carbonyl (C=O) groups excluding carboxylic acids is 1. The summed E-state index contributed by atoms with van der Waals surface area (Å²) in [4.78, 5) is 30.1. The first-order valence-electron chi connectivity index (χ1n) is 10.6. The summed E-state index contributed by atoms with van der Waals surface area (Å²) in [5.74, 6) is -0.0405. The molecule has 0 radical (unpaired) electrons. The lowest BCUT2D eigenvalue weighted by atomic mass is 9.87. The van der Waals surface area contributed by atoms with E-state index in [1.54, 1.807) is 11.1 Å². The first-order chi connectivity index (χ1) is 15.1. The van der Waals surface area contributed by atoms with Gasteiger partial charge in [0, 0.05) is 18.8 Å². The van der Waals surface area contributed by atoms with Gasteiger partial charge in [-0.05, 0) is 55.2 Å². The second-order valence-corrected chi connectivity index (χ2v) is 10.6. The summed E-state index contributed by atoms with van der Waals surface area (Å²) < 4.78 is 5.09. The largest absolute Gasteiger partial charge is 0.438 e. The van der Waals surface area contributed by atoms with Crippen molar-refractivity contribution in [1.29, 1.82) is 0 Å². The van der Waals surface area contributed by atoms with Gasteiger partial charge in [-0.2, -0.15) is 0 Å². The zero-order valence-electron chi connectivity index (χ0n) is 17.1. The Bertz CT molecular complexity index is 1160. The van der Waals surface area contributed by atoms with Crippen molar-refractivity contribution in [3.63, 3.8) is 0 Å². The zero-order valence-corrected chi connectivity index (χ0v) is 18.8. The van der Waals surface area contributed by atoms with Crippen LogP contribution in [0.4, 0.5) is 5.69 Å². The Hall–Kier alpha value is -2.52. The molecule has 31 heavy (non-hydrogen) atoms. The first kappa shape index (κ1) is 20.4. The summed E-state index contributed by atoms with van der Waals surface area (Å²) in [6.07, 6.45) is 6.35. The number of aromatic nitrogens is 2. The Labute approximate surface area is 188 Å². The third-order valence-corrected chi connectivity index (χ3v) is 8.75. The third-order valence-electron chi connectivity index (χ3n) is 6.10. The Morgan fingerprint density at radius 3 is 2.84 bits per heavy atom. The lowest BCUT2D eigenvalue weighted by molar-refractivity contribution is -0.124. The molecule has 5 rings (SSSR count). The van der Waals surface area contributed by atoms with E-state index < -0.39 is 16.2 Å². The summed E-state index contributed by atoms with van der Waals surface area (Å²) in [7, 11) is -0.465. The van der Waals surface area contributed by atoms with Gasteiger partial charge in [0.1, 0.15) is 4.32 Å². The number of anilines is 1. The van der Waals surface area contributed by atoms with Crippen molar-refractivity contribution < 1.29 is 9.32 Å². The number of thiocarbonyl (C=S) groups is 1. The molecule has 2 aromatic rings. The molecule has 1 unspecified atom stereocenters. The fourth-order valence-corrected chi connectivity index (χ4v) is 6.66. The summed E-state index contributed by atoms with van der Waals surface area (Å²) in [6.45, 7) is 2.23. The average molecular weight is 457 g/mol. The summed E-state index contributed by atoms with van der Waals surface area (Å²) in [5.41, 5.74) is 5.63. The van der Waals surface area contributed by atoms with Crippen molar-refractivity contribution >= 4 is 44.0 Å². The molecule has 3 aliphatic rings. The number of aromatic amines is 1. The molecule has 1 saturated heterocycles. The molecule has 1 aliphatic carbocycles. The van der Waals surface area contributed by atoms with E-state index in [9.17, 15) is 9.59 Å². The molecule has 3 heterocycles. The monoisotopic (exact) mass is 456 g/mol. The van der Waals surface area contributed by atoms with Gasteiger partial charge in [0.15, 0.2) is 5.82 Å². The van der Waals surface area contributed by atoms with Crippen LogP contribution in [0.1, 0.15) is 43.5 Å². The number of nitrogens with one attached hydrogen (secondary N) is 1. The Balaban J connectivity index is 1.33. The van der Waals surface area contributed by atoms with Gasteiger partial charge in [-0.1, -0.05) is 40.7 Å². The smallest absolute Gasteiger partial charge is 0.367 e. The van der Waals surface area contributed by atoms with Crippen LogP contribution >= 0.6 is 22.7 Å². The number of hydrogen-bond donors (Lipinski definition) is 1. The van der Waals surface area contributed by atoms with Gasteiger partial charge in [-0.25, -0.2) is 4.79 Å². The van der Waals surface area contributed by atoms with Gasteiger partial charge < -0.3 is 4.90 Å². The Morgan fingerprint density at radius 1 is 1.19 bits per heavy atom. The number of carbonyl (C=O) groups is 1. The van der Waals surface area contributed by atoms with Crippen LogP contribution in [0.15, 0.2) is 44.7 Å². The third kappa shape index (κ3) is 4.29. The van der Waals surface area contributed by atoms with Crippen molar-refractivity contribution in [2.75, 3.05) is 23.7 Å². The van der Waals surface area contributed by atoms with Crippen LogP contribution in [-0.2, 0) is 11.3 Å². The predicted octanol–water partition coefficient (Wildman–Crippen LogP) is 3.19. The maximum atomic E-state index is 12.5. The van der Waals surface area contributed by atoms with Crippen LogP contribution in [0.2, 0.25) is 0 Å². The van der Waals surface area contributed by atoms with E-state index in [0.717, 1.165) is 18.7 Å². The fourth-order valence-electron chi connectivity index (χ4n) is 4.52. The first-order valence-corrected chi connectivity index (χ1v) is 12.4. The predicted molar refractivity (Wildman–Crippen MR) is 127 cm³/mol. The minimum Gasteiger partial charge on any atom is -0.367 e. The number of amides is 1. The van der Waals surface area contributed by atoms with E-state index in [2.05, 4.69) is 49.2 Å². The van der Waals surface area contributed by atoms with Crippen LogP contribution in [0.5, 0.6) is 0 Å². The molecule has 9 heteroatoms. The van der Waals surface area contributed by atoms with Gasteiger partial charge in [0.2, 0.25) is 5.91 Å². The van der Waals surface area contributed by atoms with E-state index in [1.807, 2.05) is 0 Å². The minimum absolute atomic E-state index is 0.0580. The van der Waals surface area contributed by atoms with Crippen molar-refractivity contribution in [2.45, 2.75) is 38.6 Å². The molecule has 1 aromatic heterocycles. The number of benzene rings is 1. The zero-order chi connectivity index (χ0) is 21.4. The lowest BCUT2D eigenvalue weighted by Crippen LogP contribution is -2.32. The highest BCUT2D eigenvalue weighted by Gasteiger charge is 2.30. The van der Waals surface area contributed by atoms with E-state index in [-0.39, 0.29) is 12.5 Å². The van der Waals surface area contributed by atoms with Gasteiger partial charge in [-0.3, -0.25) is 19.2 Å². The molecule has 2 aliphatic heterocycles. The SMILES string of the molecule is O=C1C/S(=C\c2cccc(N3CCC4=C(CCCC4)C3)c2)C(=S)N1Cc1noc(=O)[nH]1.